The zero-order chi connectivity index (χ0) is 17.3. The molecule has 9 atom stereocenters. The Kier molecular flexibility index (Phi) is 3.93. The van der Waals surface area contributed by atoms with Gasteiger partial charge in [-0.1, -0.05) is 25.5 Å². The highest BCUT2D eigenvalue weighted by Crippen LogP contribution is 2.65. The Labute approximate surface area is 144 Å². The van der Waals surface area contributed by atoms with Crippen molar-refractivity contribution >= 4 is 0 Å². The smallest absolute Gasteiger partial charge is 0.0857 e. The Morgan fingerprint density at radius 2 is 1.83 bits per heavy atom. The van der Waals surface area contributed by atoms with Gasteiger partial charge in [0, 0.05) is 7.11 Å². The van der Waals surface area contributed by atoms with Crippen LogP contribution in [0, 0.1) is 28.6 Å². The SMILES string of the molecule is COC1C[C@H]2[C@@H]3[C@@H](O)C=C4C[C@H](O)CC[C@]4(C)[C@H]3CC[C@]2(C)[C@H]1O. The minimum absolute atomic E-state index is 0.0978. The van der Waals surface area contributed by atoms with Crippen LogP contribution in [0.3, 0.4) is 0 Å². The maximum absolute atomic E-state index is 11.0. The Morgan fingerprint density at radius 3 is 2.54 bits per heavy atom. The molecule has 4 rings (SSSR count). The van der Waals surface area contributed by atoms with Crippen molar-refractivity contribution in [1.82, 2.24) is 0 Å². The molecule has 1 unspecified atom stereocenters. The lowest BCUT2D eigenvalue weighted by Gasteiger charge is -2.58. The first-order valence-electron chi connectivity index (χ1n) is 9.59. The van der Waals surface area contributed by atoms with E-state index in [1.54, 1.807) is 7.11 Å². The molecule has 4 aliphatic rings. The van der Waals surface area contributed by atoms with Crippen LogP contribution in [-0.4, -0.2) is 46.8 Å². The summed E-state index contributed by atoms with van der Waals surface area (Å²) >= 11 is 0. The summed E-state index contributed by atoms with van der Waals surface area (Å²) in [6.45, 7) is 4.53. The van der Waals surface area contributed by atoms with Crippen molar-refractivity contribution in [1.29, 1.82) is 0 Å². The Morgan fingerprint density at radius 1 is 1.08 bits per heavy atom. The summed E-state index contributed by atoms with van der Waals surface area (Å²) in [5, 5.41) is 31.8. The van der Waals surface area contributed by atoms with Gasteiger partial charge in [-0.05, 0) is 67.1 Å². The summed E-state index contributed by atoms with van der Waals surface area (Å²) in [5.74, 6) is 0.941. The molecule has 0 aliphatic heterocycles. The molecule has 0 saturated heterocycles. The molecule has 4 nitrogen and oxygen atoms in total. The highest BCUT2D eigenvalue weighted by molar-refractivity contribution is 5.28. The highest BCUT2D eigenvalue weighted by atomic mass is 16.5. The van der Waals surface area contributed by atoms with E-state index >= 15 is 0 Å². The molecule has 0 radical (unpaired) electrons. The topological polar surface area (TPSA) is 69.9 Å². The average molecular weight is 336 g/mol. The molecular formula is C20H32O4. The van der Waals surface area contributed by atoms with E-state index in [1.165, 1.54) is 5.57 Å². The molecule has 4 aliphatic carbocycles. The van der Waals surface area contributed by atoms with Gasteiger partial charge in [-0.2, -0.15) is 0 Å². The Hall–Kier alpha value is -0.420. The van der Waals surface area contributed by atoms with Crippen LogP contribution in [0.5, 0.6) is 0 Å². The van der Waals surface area contributed by atoms with Gasteiger partial charge in [0.15, 0.2) is 0 Å². The van der Waals surface area contributed by atoms with E-state index in [1.807, 2.05) is 6.08 Å². The molecule has 3 fully saturated rings. The minimum atomic E-state index is -0.462. The van der Waals surface area contributed by atoms with Crippen LogP contribution in [0.2, 0.25) is 0 Å². The van der Waals surface area contributed by atoms with Crippen LogP contribution in [0.25, 0.3) is 0 Å². The van der Waals surface area contributed by atoms with E-state index in [0.717, 1.165) is 32.1 Å². The molecule has 3 N–H and O–H groups in total. The molecule has 0 heterocycles. The highest BCUT2D eigenvalue weighted by Gasteiger charge is 2.62. The standard InChI is InChI=1S/C20H32O4/c1-19-6-4-12(21)8-11(19)9-15(22)17-13(19)5-7-20(2)14(17)10-16(24-3)18(20)23/h9,12-18,21-23H,4-8,10H2,1-3H3/t12-,13+,14+,15+,16?,17-,18+,19+,20+/m1/s1. The number of hydrogen-bond acceptors (Lipinski definition) is 4. The van der Waals surface area contributed by atoms with Crippen LogP contribution < -0.4 is 0 Å². The van der Waals surface area contributed by atoms with Gasteiger partial charge in [-0.15, -0.1) is 0 Å². The summed E-state index contributed by atoms with van der Waals surface area (Å²) < 4.78 is 5.56. The third-order valence-corrected chi connectivity index (χ3v) is 8.36. The van der Waals surface area contributed by atoms with Crippen LogP contribution in [-0.2, 0) is 4.74 Å². The molecule has 136 valence electrons. The number of ether oxygens (including phenoxy) is 1. The van der Waals surface area contributed by atoms with Crippen molar-refractivity contribution in [2.75, 3.05) is 7.11 Å². The average Bonchev–Trinajstić information content (AvgIpc) is 2.81. The van der Waals surface area contributed by atoms with Crippen molar-refractivity contribution in [2.24, 2.45) is 28.6 Å². The third-order valence-electron chi connectivity index (χ3n) is 8.36. The van der Waals surface area contributed by atoms with Gasteiger partial charge in [-0.25, -0.2) is 0 Å². The van der Waals surface area contributed by atoms with Gasteiger partial charge in [0.05, 0.1) is 24.4 Å². The maximum Gasteiger partial charge on any atom is 0.0857 e. The minimum Gasteiger partial charge on any atom is -0.393 e. The predicted molar refractivity (Wildman–Crippen MR) is 91.3 cm³/mol. The van der Waals surface area contributed by atoms with E-state index < -0.39 is 12.2 Å². The molecule has 0 aromatic rings. The normalized spacial score (nSPS) is 56.9. The van der Waals surface area contributed by atoms with E-state index in [9.17, 15) is 15.3 Å². The summed E-state index contributed by atoms with van der Waals surface area (Å²) in [7, 11) is 1.69. The zero-order valence-corrected chi connectivity index (χ0v) is 15.1. The van der Waals surface area contributed by atoms with Gasteiger partial charge in [-0.3, -0.25) is 0 Å². The fourth-order valence-electron chi connectivity index (χ4n) is 6.82. The number of rotatable bonds is 1. The summed E-state index contributed by atoms with van der Waals surface area (Å²) in [5.41, 5.74) is 1.21. The van der Waals surface area contributed by atoms with Gasteiger partial charge in [0.25, 0.3) is 0 Å². The first-order valence-corrected chi connectivity index (χ1v) is 9.59. The number of methoxy groups -OCH3 is 1. The molecule has 0 aromatic carbocycles. The fraction of sp³-hybridized carbons (Fsp3) is 0.900. The van der Waals surface area contributed by atoms with E-state index in [-0.39, 0.29) is 29.0 Å². The fourth-order valence-corrected chi connectivity index (χ4v) is 6.82. The zero-order valence-electron chi connectivity index (χ0n) is 15.1. The van der Waals surface area contributed by atoms with Gasteiger partial charge >= 0.3 is 0 Å². The molecule has 0 bridgehead atoms. The lowest BCUT2D eigenvalue weighted by atomic mass is 9.47. The maximum atomic E-state index is 11.0. The number of aliphatic hydroxyl groups excluding tert-OH is 3. The largest absolute Gasteiger partial charge is 0.393 e. The van der Waals surface area contributed by atoms with E-state index in [0.29, 0.717) is 18.3 Å². The van der Waals surface area contributed by atoms with Crippen LogP contribution in [0.15, 0.2) is 11.6 Å². The van der Waals surface area contributed by atoms with Crippen LogP contribution in [0.4, 0.5) is 0 Å². The molecule has 0 amide bonds. The first-order chi connectivity index (χ1) is 11.3. The molecular weight excluding hydrogens is 304 g/mol. The van der Waals surface area contributed by atoms with E-state index in [4.69, 9.17) is 4.74 Å². The lowest BCUT2D eigenvalue weighted by molar-refractivity contribution is -0.111. The monoisotopic (exact) mass is 336 g/mol. The number of fused-ring (bicyclic) bond motifs is 5. The van der Waals surface area contributed by atoms with Crippen molar-refractivity contribution in [2.45, 2.75) is 76.8 Å². The van der Waals surface area contributed by atoms with Crippen LogP contribution >= 0.6 is 0 Å². The second-order valence-corrected chi connectivity index (χ2v) is 9.29. The number of hydrogen-bond donors (Lipinski definition) is 3. The third kappa shape index (κ3) is 2.13. The van der Waals surface area contributed by atoms with Crippen molar-refractivity contribution < 1.29 is 20.1 Å². The molecule has 24 heavy (non-hydrogen) atoms. The summed E-state index contributed by atoms with van der Waals surface area (Å²) in [6, 6.07) is 0. The van der Waals surface area contributed by atoms with Crippen LogP contribution in [0.1, 0.15) is 52.4 Å². The van der Waals surface area contributed by atoms with Crippen molar-refractivity contribution in [3.05, 3.63) is 11.6 Å². The molecule has 3 saturated carbocycles. The molecule has 4 heteroatoms. The molecule has 0 aromatic heterocycles. The van der Waals surface area contributed by atoms with Gasteiger partial charge in [0.2, 0.25) is 0 Å². The van der Waals surface area contributed by atoms with E-state index in [2.05, 4.69) is 13.8 Å². The quantitative estimate of drug-likeness (QED) is 0.643. The first kappa shape index (κ1) is 17.0. The Balaban J connectivity index is 1.72. The second kappa shape index (κ2) is 5.54. The summed E-state index contributed by atoms with van der Waals surface area (Å²) in [4.78, 5) is 0. The number of aliphatic hydroxyl groups is 3. The second-order valence-electron chi connectivity index (χ2n) is 9.29. The van der Waals surface area contributed by atoms with Gasteiger partial charge in [0.1, 0.15) is 0 Å². The lowest BCUT2D eigenvalue weighted by Crippen LogP contribution is -2.55. The van der Waals surface area contributed by atoms with Crippen molar-refractivity contribution in [3.63, 3.8) is 0 Å². The molecule has 0 spiro atoms. The predicted octanol–water partition coefficient (Wildman–Crippen LogP) is 2.27. The summed E-state index contributed by atoms with van der Waals surface area (Å²) in [6.07, 6.45) is 6.24. The van der Waals surface area contributed by atoms with Crippen molar-refractivity contribution in [3.8, 4) is 0 Å². The van der Waals surface area contributed by atoms with Gasteiger partial charge < -0.3 is 20.1 Å². The Bertz CT molecular complexity index is 546.